The van der Waals surface area contributed by atoms with Crippen LogP contribution in [-0.4, -0.2) is 147 Å². The van der Waals surface area contributed by atoms with Crippen LogP contribution in [0.5, 0.6) is 0 Å². The van der Waals surface area contributed by atoms with Gasteiger partial charge in [0.1, 0.15) is 42.1 Å². The minimum atomic E-state index is -1.36. The number of unbranched alkanes of at least 4 members (excludes halogenated alkanes) is 1. The number of benzene rings is 2. The van der Waals surface area contributed by atoms with Gasteiger partial charge >= 0.3 is 0 Å². The van der Waals surface area contributed by atoms with Gasteiger partial charge in [0.25, 0.3) is 5.91 Å². The van der Waals surface area contributed by atoms with E-state index in [1.165, 1.54) is 38.6 Å². The maximum Gasteiger partial charge on any atom is 0.251 e. The zero-order valence-corrected chi connectivity index (χ0v) is 49.1. The fourth-order valence-corrected chi connectivity index (χ4v) is 9.46. The van der Waals surface area contributed by atoms with E-state index in [1.54, 1.807) is 26.1 Å². The number of hydrogen-bond acceptors (Lipinski definition) is 12. The number of nitrogens with zero attached hydrogens (tertiary/aromatic N) is 2. The van der Waals surface area contributed by atoms with E-state index in [0.717, 1.165) is 40.8 Å². The summed E-state index contributed by atoms with van der Waals surface area (Å²) in [6, 6.07) is 4.59. The molecule has 0 bridgehead atoms. The van der Waals surface area contributed by atoms with Crippen LogP contribution in [0.1, 0.15) is 127 Å². The monoisotopic (exact) mass is 1180 g/mol. The van der Waals surface area contributed by atoms with Crippen LogP contribution in [0.15, 0.2) is 67.3 Å². The number of carbonyl (C=O) groups excluding carboxylic acids is 11. The molecule has 14 N–H and O–H groups in total. The van der Waals surface area contributed by atoms with Crippen molar-refractivity contribution in [2.24, 2.45) is 29.2 Å². The number of fused-ring (bicyclic) bond motifs is 1. The molecule has 0 aliphatic heterocycles. The van der Waals surface area contributed by atoms with Gasteiger partial charge in [0.15, 0.2) is 0 Å². The summed E-state index contributed by atoms with van der Waals surface area (Å²) >= 11 is 0. The highest BCUT2D eigenvalue weighted by Gasteiger charge is 2.35. The van der Waals surface area contributed by atoms with E-state index >= 15 is 0 Å². The molecule has 2 heterocycles. The van der Waals surface area contributed by atoms with E-state index in [2.05, 4.69) is 57.5 Å². The number of halogens is 1. The molecular formula is C59H83FN14O11. The molecule has 2 aromatic carbocycles. The van der Waals surface area contributed by atoms with Crippen molar-refractivity contribution in [1.29, 1.82) is 0 Å². The highest BCUT2D eigenvalue weighted by atomic mass is 18.2. The molecule has 8 atom stereocenters. The number of nitrogens with one attached hydrogen (secondary N) is 10. The number of H-pyrrole nitrogens is 2. The van der Waals surface area contributed by atoms with Crippen LogP contribution < -0.4 is 54.0 Å². The largest absolute Gasteiger partial charge is 0.370 e. The van der Waals surface area contributed by atoms with Crippen molar-refractivity contribution in [3.05, 3.63) is 89.9 Å². The third-order valence-electron chi connectivity index (χ3n) is 14.9. The second-order valence-corrected chi connectivity index (χ2v) is 22.3. The van der Waals surface area contributed by atoms with E-state index in [1.807, 2.05) is 32.0 Å². The summed E-state index contributed by atoms with van der Waals surface area (Å²) in [5.41, 5.74) is 13.1. The van der Waals surface area contributed by atoms with Crippen molar-refractivity contribution >= 4 is 75.9 Å². The maximum atomic E-state index is 14.3. The zero-order chi connectivity index (χ0) is 62.3. The Kier molecular flexibility index (Phi) is 26.0. The van der Waals surface area contributed by atoms with Gasteiger partial charge in [-0.3, -0.25) is 52.7 Å². The molecule has 0 radical (unpaired) electrons. The van der Waals surface area contributed by atoms with E-state index in [4.69, 9.17) is 11.5 Å². The molecule has 0 unspecified atom stereocenters. The van der Waals surface area contributed by atoms with Crippen LogP contribution in [0, 0.1) is 23.6 Å². The second-order valence-electron chi connectivity index (χ2n) is 22.3. The molecule has 0 spiro atoms. The predicted octanol–water partition coefficient (Wildman–Crippen LogP) is 1.32. The summed E-state index contributed by atoms with van der Waals surface area (Å²) < 4.78 is 13.3. The summed E-state index contributed by atoms with van der Waals surface area (Å²) in [7, 11) is 1.35. The molecule has 11 amide bonds. The van der Waals surface area contributed by atoms with Crippen molar-refractivity contribution < 1.29 is 57.1 Å². The number of aromatic amines is 2. The first-order valence-corrected chi connectivity index (χ1v) is 28.9. The summed E-state index contributed by atoms with van der Waals surface area (Å²) in [4.78, 5) is 158. The van der Waals surface area contributed by atoms with Gasteiger partial charge in [-0.2, -0.15) is 0 Å². The van der Waals surface area contributed by atoms with Crippen LogP contribution in [0.2, 0.25) is 0 Å². The fraction of sp³-hybridized carbons (Fsp3) is 0.525. The summed E-state index contributed by atoms with van der Waals surface area (Å²) in [5, 5.41) is 22.5. The van der Waals surface area contributed by atoms with Crippen molar-refractivity contribution in [3.8, 4) is 0 Å². The Morgan fingerprint density at radius 1 is 0.694 bits per heavy atom. The van der Waals surface area contributed by atoms with Crippen LogP contribution in [-0.2, 0) is 60.8 Å². The highest BCUT2D eigenvalue weighted by Crippen LogP contribution is 2.33. The summed E-state index contributed by atoms with van der Waals surface area (Å²) in [6.45, 7) is 8.24. The van der Waals surface area contributed by atoms with Crippen molar-refractivity contribution in [2.75, 3.05) is 20.1 Å². The Labute approximate surface area is 493 Å². The molecule has 4 aromatic rings. The molecule has 5 rings (SSSR count). The van der Waals surface area contributed by atoms with E-state index in [9.17, 15) is 57.1 Å². The standard InChI is InChI=1S/C59H83FN14O11/c1-7-34(4)42(22-24-50(77)69-45(53(62)79)26-36-15-16-36)71-58(84)47(28-40-30-63-32-66-40)70-51(78)31-74(6)59(85)52(33(2)3)73-54(80)35(5)67-57(83)46(27-38-29-65-43-13-9-8-12-41(38)43)72-56(82)44(21-23-48(61)75)68-49(76)14-10-11-25-64-55(81)37-17-19-39(60)20-18-37/h8-9,12-13,17-20,29-30,32-36,42,44-47,52,65H,7,10-11,14-16,21-28,31H2,1-6H3,(H2,61,75)(H2,62,79)(H,63,66)(H,64,81)(H,67,83)(H,68,76)(H,69,77)(H,70,78)(H,71,84)(H,72,82)(H,73,80)/t34-,35-,42+,44-,45-,46-,47-,52-/m0/s1/i60-1. The van der Waals surface area contributed by atoms with Crippen molar-refractivity contribution in [2.45, 2.75) is 160 Å². The zero-order valence-electron chi connectivity index (χ0n) is 49.1. The van der Waals surface area contributed by atoms with E-state index in [-0.39, 0.29) is 68.9 Å². The lowest BCUT2D eigenvalue weighted by Gasteiger charge is -2.29. The number of para-hydroxylation sites is 1. The Hall–Kier alpha value is -8.71. The number of amides is 11. The third kappa shape index (κ3) is 22.1. The SMILES string of the molecule is CC[C@H](C)[C@@H](CCC(=O)N[C@@H](CC1CC1)C(N)=O)NC(=O)[C@H](Cc1cnc[nH]1)NC(=O)CN(C)C(=O)[C@@H](NC(=O)[C@H](C)NC(=O)[C@H](Cc1c[nH]c2ccccc12)NC(=O)[C@H](CCC(N)=O)NC(=O)CCCCNC(=O)c1ccc([18F])cc1)C(C)C. The van der Waals surface area contributed by atoms with E-state index in [0.29, 0.717) is 42.9 Å². The smallest absolute Gasteiger partial charge is 0.251 e. The van der Waals surface area contributed by atoms with Crippen molar-refractivity contribution in [3.63, 3.8) is 0 Å². The first-order chi connectivity index (χ1) is 40.4. The first kappa shape index (κ1) is 67.1. The van der Waals surface area contributed by atoms with Crippen LogP contribution in [0.4, 0.5) is 4.39 Å². The second kappa shape index (κ2) is 33.0. The molecular weight excluding hydrogens is 1100 g/mol. The molecule has 1 saturated carbocycles. The van der Waals surface area contributed by atoms with Gasteiger partial charge in [0.2, 0.25) is 59.1 Å². The van der Waals surface area contributed by atoms with Gasteiger partial charge < -0.3 is 68.9 Å². The summed E-state index contributed by atoms with van der Waals surface area (Å²) in [6.07, 6.45) is 7.87. The van der Waals surface area contributed by atoms with Gasteiger partial charge in [0, 0.05) is 86.3 Å². The van der Waals surface area contributed by atoms with Gasteiger partial charge in [-0.05, 0) is 92.7 Å². The summed E-state index contributed by atoms with van der Waals surface area (Å²) in [5.74, 6) is -7.83. The molecule has 85 heavy (non-hydrogen) atoms. The molecule has 1 fully saturated rings. The third-order valence-corrected chi connectivity index (χ3v) is 14.9. The number of carbonyl (C=O) groups is 11. The minimum Gasteiger partial charge on any atom is -0.370 e. The van der Waals surface area contributed by atoms with Gasteiger partial charge in [-0.1, -0.05) is 65.2 Å². The molecule has 26 heteroatoms. The van der Waals surface area contributed by atoms with Gasteiger partial charge in [-0.25, -0.2) is 9.37 Å². The highest BCUT2D eigenvalue weighted by molar-refractivity contribution is 5.97. The molecule has 1 aliphatic carbocycles. The molecule has 0 saturated heterocycles. The number of primary amides is 2. The maximum absolute atomic E-state index is 14.3. The lowest BCUT2D eigenvalue weighted by Crippen LogP contribution is -2.59. The first-order valence-electron chi connectivity index (χ1n) is 28.9. The van der Waals surface area contributed by atoms with E-state index < -0.39 is 120 Å². The lowest BCUT2D eigenvalue weighted by molar-refractivity contribution is -0.140. The minimum absolute atomic E-state index is 0.00106. The number of aromatic nitrogens is 3. The fourth-order valence-electron chi connectivity index (χ4n) is 9.46. The topological polar surface area (TPSA) is 384 Å². The Morgan fingerprint density at radius 3 is 1.99 bits per heavy atom. The average molecular weight is 1180 g/mol. The number of hydrogen-bond donors (Lipinski definition) is 12. The van der Waals surface area contributed by atoms with Crippen LogP contribution in [0.25, 0.3) is 10.9 Å². The van der Waals surface area contributed by atoms with Crippen LogP contribution >= 0.6 is 0 Å². The molecule has 462 valence electrons. The predicted molar refractivity (Wildman–Crippen MR) is 312 cm³/mol. The number of nitrogens with two attached hydrogens (primary N) is 2. The normalized spacial score (nSPS) is 14.9. The Bertz CT molecular complexity index is 2950. The van der Waals surface area contributed by atoms with Gasteiger partial charge in [-0.15, -0.1) is 0 Å². The molecule has 1 aliphatic rings. The number of likely N-dealkylation sites (N-methyl/N-ethyl adjacent to an activating group) is 1. The average Bonchev–Trinajstić information content (AvgIpc) is 4.09. The number of rotatable bonds is 36. The molecule has 25 nitrogen and oxygen atoms in total. The van der Waals surface area contributed by atoms with Crippen molar-refractivity contribution in [1.82, 2.24) is 62.4 Å². The van der Waals surface area contributed by atoms with Gasteiger partial charge in [0.05, 0.1) is 12.9 Å². The Morgan fingerprint density at radius 2 is 1.34 bits per heavy atom. The Balaban J connectivity index is 1.21. The quantitative estimate of drug-likeness (QED) is 0.0287. The molecule has 2 aromatic heterocycles. The number of imidazole rings is 1. The lowest BCUT2D eigenvalue weighted by atomic mass is 9.94. The van der Waals surface area contributed by atoms with Crippen LogP contribution in [0.3, 0.4) is 0 Å².